The molecular formula is C15H18Br2F3N3O3S. The van der Waals surface area contributed by atoms with Crippen LogP contribution in [0.1, 0.15) is 5.56 Å². The largest absolute Gasteiger partial charge is 0.418 e. The molecule has 0 saturated carbocycles. The summed E-state index contributed by atoms with van der Waals surface area (Å²) in [5.41, 5.74) is -2.10. The molecule has 0 amide bonds. The molecule has 0 saturated heterocycles. The van der Waals surface area contributed by atoms with E-state index in [4.69, 9.17) is 0 Å². The second kappa shape index (κ2) is 8.26. The van der Waals surface area contributed by atoms with Crippen LogP contribution in [-0.4, -0.2) is 62.6 Å². The number of alkyl halides is 5. The normalized spacial score (nSPS) is 19.7. The molecule has 1 unspecified atom stereocenters. The van der Waals surface area contributed by atoms with Crippen molar-refractivity contribution in [3.63, 3.8) is 0 Å². The predicted molar refractivity (Wildman–Crippen MR) is 108 cm³/mol. The number of benzene rings is 1. The number of non-ortho nitro benzene ring substituents is 1. The lowest BCUT2D eigenvalue weighted by Gasteiger charge is -2.24. The Balaban J connectivity index is 2.88. The highest BCUT2D eigenvalue weighted by Gasteiger charge is 2.44. The van der Waals surface area contributed by atoms with Crippen LogP contribution in [0.25, 0.3) is 0 Å². The quantitative estimate of drug-likeness (QED) is 0.231. The third kappa shape index (κ3) is 4.28. The number of halogens is 5. The summed E-state index contributed by atoms with van der Waals surface area (Å²) in [5, 5.41) is 11.7. The maximum Gasteiger partial charge on any atom is 0.418 e. The molecule has 1 aliphatic heterocycles. The minimum Gasteiger partial charge on any atom is -0.335 e. The molecule has 1 atom stereocenters. The topological polar surface area (TPSA) is 66.7 Å². The summed E-state index contributed by atoms with van der Waals surface area (Å²) in [6, 6.07) is 1.54. The lowest BCUT2D eigenvalue weighted by molar-refractivity contribution is -0.385. The first-order chi connectivity index (χ1) is 12.5. The molecule has 0 aromatic heterocycles. The monoisotopic (exact) mass is 535 g/mol. The number of nitro groups is 1. The van der Waals surface area contributed by atoms with Gasteiger partial charge in [-0.2, -0.15) is 13.2 Å². The Morgan fingerprint density at radius 2 is 1.93 bits per heavy atom. The summed E-state index contributed by atoms with van der Waals surface area (Å²) in [5.74, 6) is 0.0746. The molecule has 0 fully saturated rings. The predicted octanol–water partition coefficient (Wildman–Crippen LogP) is 3.56. The molecule has 1 heterocycles. The molecule has 0 radical (unpaired) electrons. The van der Waals surface area contributed by atoms with E-state index in [0.29, 0.717) is 22.9 Å². The summed E-state index contributed by atoms with van der Waals surface area (Å²) < 4.78 is 55.0. The van der Waals surface area contributed by atoms with E-state index in [-0.39, 0.29) is 28.2 Å². The molecule has 27 heavy (non-hydrogen) atoms. The van der Waals surface area contributed by atoms with Crippen LogP contribution in [0.4, 0.5) is 24.5 Å². The first kappa shape index (κ1) is 22.4. The molecule has 2 rings (SSSR count). The second-order valence-corrected chi connectivity index (χ2v) is 10.2. The van der Waals surface area contributed by atoms with Gasteiger partial charge in [-0.1, -0.05) is 31.9 Å². The van der Waals surface area contributed by atoms with E-state index in [1.165, 1.54) is 4.90 Å². The van der Waals surface area contributed by atoms with Crippen molar-refractivity contribution in [3.05, 3.63) is 27.8 Å². The zero-order valence-corrected chi connectivity index (χ0v) is 18.5. The summed E-state index contributed by atoms with van der Waals surface area (Å²) in [6.45, 7) is 0.523. The van der Waals surface area contributed by atoms with E-state index in [1.807, 2.05) is 0 Å². The number of rotatable bonds is 7. The molecule has 0 bridgehead atoms. The maximum atomic E-state index is 13.9. The summed E-state index contributed by atoms with van der Waals surface area (Å²) >= 11 is 6.47. The van der Waals surface area contributed by atoms with Gasteiger partial charge in [-0.25, -0.2) is 0 Å². The first-order valence-corrected chi connectivity index (χ1v) is 11.8. The fourth-order valence-electron chi connectivity index (χ4n) is 2.89. The van der Waals surface area contributed by atoms with E-state index >= 15 is 0 Å². The van der Waals surface area contributed by atoms with E-state index < -0.39 is 31.9 Å². The van der Waals surface area contributed by atoms with Crippen LogP contribution in [-0.2, 0) is 15.7 Å². The van der Waals surface area contributed by atoms with E-state index in [9.17, 15) is 27.5 Å². The van der Waals surface area contributed by atoms with Gasteiger partial charge < -0.3 is 9.80 Å². The number of nitro benzene ring substituents is 1. The minimum absolute atomic E-state index is 0.0746. The van der Waals surface area contributed by atoms with Crippen molar-refractivity contribution in [2.24, 2.45) is 0 Å². The zero-order valence-electron chi connectivity index (χ0n) is 14.6. The SMILES string of the molecule is CN(C)CCS1(=O)=C(CBr)N(CCBr)c2c(C(F)(F)F)cc([N+](=O)[O-])cc21. The van der Waals surface area contributed by atoms with Crippen LogP contribution in [0.2, 0.25) is 0 Å². The summed E-state index contributed by atoms with van der Waals surface area (Å²) in [6.07, 6.45) is -4.82. The van der Waals surface area contributed by atoms with E-state index in [0.717, 1.165) is 6.07 Å². The minimum atomic E-state index is -4.82. The highest BCUT2D eigenvalue weighted by molar-refractivity contribution is 9.09. The van der Waals surface area contributed by atoms with Crippen molar-refractivity contribution in [2.45, 2.75) is 11.1 Å². The van der Waals surface area contributed by atoms with Crippen LogP contribution in [0.5, 0.6) is 0 Å². The number of nitrogens with zero attached hydrogens (tertiary/aromatic N) is 3. The van der Waals surface area contributed by atoms with Crippen molar-refractivity contribution < 1.29 is 22.3 Å². The van der Waals surface area contributed by atoms with Crippen LogP contribution in [0.15, 0.2) is 17.0 Å². The summed E-state index contributed by atoms with van der Waals surface area (Å²) in [7, 11) is 0.442. The molecular weight excluding hydrogens is 519 g/mol. The fraction of sp³-hybridized carbons (Fsp3) is 0.533. The van der Waals surface area contributed by atoms with Gasteiger partial charge in [-0.3, -0.25) is 14.3 Å². The van der Waals surface area contributed by atoms with Crippen molar-refractivity contribution in [3.8, 4) is 0 Å². The van der Waals surface area contributed by atoms with E-state index in [1.54, 1.807) is 19.0 Å². The van der Waals surface area contributed by atoms with Crippen LogP contribution >= 0.6 is 31.9 Å². The Kier molecular flexibility index (Phi) is 6.86. The lowest BCUT2D eigenvalue weighted by Crippen LogP contribution is -2.36. The van der Waals surface area contributed by atoms with Crippen LogP contribution in [0.3, 0.4) is 0 Å². The van der Waals surface area contributed by atoms with Crippen molar-refractivity contribution in [2.75, 3.05) is 48.5 Å². The Labute approximate surface area is 172 Å². The first-order valence-electron chi connectivity index (χ1n) is 7.79. The van der Waals surface area contributed by atoms with Crippen molar-refractivity contribution in [1.82, 2.24) is 4.90 Å². The molecule has 1 aliphatic rings. The molecule has 152 valence electrons. The Morgan fingerprint density at radius 3 is 2.37 bits per heavy atom. The maximum absolute atomic E-state index is 13.9. The highest BCUT2D eigenvalue weighted by atomic mass is 79.9. The molecule has 1 aromatic carbocycles. The van der Waals surface area contributed by atoms with Gasteiger partial charge in [0.05, 0.1) is 31.4 Å². The average molecular weight is 537 g/mol. The van der Waals surface area contributed by atoms with Gasteiger partial charge >= 0.3 is 6.18 Å². The Bertz CT molecular complexity index is 868. The zero-order chi connectivity index (χ0) is 20.6. The Hall–Kier alpha value is -0.850. The number of fused-ring (bicyclic) bond motifs is 1. The van der Waals surface area contributed by atoms with Crippen molar-refractivity contribution in [1.29, 1.82) is 0 Å². The third-order valence-electron chi connectivity index (χ3n) is 4.13. The van der Waals surface area contributed by atoms with Gasteiger partial charge in [0, 0.05) is 45.8 Å². The van der Waals surface area contributed by atoms with Gasteiger partial charge in [0.1, 0.15) is 0 Å². The van der Waals surface area contributed by atoms with Gasteiger partial charge in [0.25, 0.3) is 5.69 Å². The molecule has 6 nitrogen and oxygen atoms in total. The molecule has 12 heteroatoms. The molecule has 0 spiro atoms. The fourth-order valence-corrected chi connectivity index (χ4v) is 7.55. The van der Waals surface area contributed by atoms with Gasteiger partial charge in [-0.05, 0) is 14.1 Å². The molecule has 1 aromatic rings. The number of hydrogen-bond donors (Lipinski definition) is 0. The molecule has 0 aliphatic carbocycles. The highest BCUT2D eigenvalue weighted by Crippen LogP contribution is 2.46. The Morgan fingerprint density at radius 1 is 1.30 bits per heavy atom. The van der Waals surface area contributed by atoms with Gasteiger partial charge in [0.2, 0.25) is 0 Å². The average Bonchev–Trinajstić information content (AvgIpc) is 2.80. The van der Waals surface area contributed by atoms with E-state index in [2.05, 4.69) is 31.9 Å². The number of hydrogen-bond acceptors (Lipinski definition) is 5. The van der Waals surface area contributed by atoms with Crippen molar-refractivity contribution >= 4 is 57.7 Å². The van der Waals surface area contributed by atoms with Crippen LogP contribution in [0, 0.1) is 10.1 Å². The lowest BCUT2D eigenvalue weighted by atomic mass is 10.1. The number of anilines is 1. The third-order valence-corrected chi connectivity index (χ3v) is 8.29. The smallest absolute Gasteiger partial charge is 0.335 e. The van der Waals surface area contributed by atoms with Crippen LogP contribution < -0.4 is 4.90 Å². The van der Waals surface area contributed by atoms with Gasteiger partial charge in [-0.15, -0.1) is 0 Å². The standard InChI is InChI=1S/C15H18Br2F3N3O3S/c1-21(2)5-6-27(26)12-8-10(23(24)25)7-11(15(18,19)20)14(12)22(4-3-16)13(27)9-17/h7-8H,3-6,9H2,1-2H3. The second-order valence-electron chi connectivity index (χ2n) is 6.15. The summed E-state index contributed by atoms with van der Waals surface area (Å²) in [4.78, 5) is 13.7. The molecule has 0 N–H and O–H groups in total. The van der Waals surface area contributed by atoms with Gasteiger partial charge in [0.15, 0.2) is 0 Å².